The molecule has 144 valence electrons. The maximum atomic E-state index is 12.6. The molecule has 9 heteroatoms. The first kappa shape index (κ1) is 20.0. The average Bonchev–Trinajstić information content (AvgIpc) is 2.98. The molecule has 0 aromatic heterocycles. The van der Waals surface area contributed by atoms with Crippen molar-refractivity contribution in [2.45, 2.75) is 37.6 Å². The largest absolute Gasteiger partial charge is 0.496 e. The number of hydrogen-bond donors (Lipinski definition) is 2. The van der Waals surface area contributed by atoms with Crippen molar-refractivity contribution < 1.29 is 22.7 Å². The quantitative estimate of drug-likeness (QED) is 0.673. The third-order valence-corrected chi connectivity index (χ3v) is 6.37. The Balaban J connectivity index is 2.25. The Hall–Kier alpha value is -2.29. The van der Waals surface area contributed by atoms with E-state index in [1.165, 1.54) is 26.2 Å². The number of ether oxygens (including phenoxy) is 1. The van der Waals surface area contributed by atoms with Crippen LogP contribution in [0.1, 0.15) is 37.0 Å². The summed E-state index contributed by atoms with van der Waals surface area (Å²) >= 11 is 0. The fraction of sp³-hybridized carbons (Fsp3) is 0.529. The fourth-order valence-corrected chi connectivity index (χ4v) is 4.12. The van der Waals surface area contributed by atoms with Gasteiger partial charge in [0.25, 0.3) is 5.91 Å². The molecule has 1 aliphatic rings. The number of hydrogen-bond acceptors (Lipinski definition) is 6. The number of carbonyl (C=O) groups is 2. The number of likely N-dealkylation sites (tertiary alicyclic amines) is 1. The van der Waals surface area contributed by atoms with Crippen LogP contribution in [0.5, 0.6) is 5.75 Å². The zero-order chi connectivity index (χ0) is 19.5. The predicted octanol–water partition coefficient (Wildman–Crippen LogP) is 0.812. The Labute approximate surface area is 153 Å². The third-order valence-electron chi connectivity index (χ3n) is 4.58. The lowest BCUT2D eigenvalue weighted by Gasteiger charge is -2.23. The van der Waals surface area contributed by atoms with E-state index in [-0.39, 0.29) is 39.6 Å². The zero-order valence-corrected chi connectivity index (χ0v) is 16.1. The molecule has 1 aliphatic heterocycles. The van der Waals surface area contributed by atoms with E-state index in [0.29, 0.717) is 25.9 Å². The molecule has 1 unspecified atom stereocenters. The van der Waals surface area contributed by atoms with Crippen LogP contribution in [-0.2, 0) is 14.6 Å². The lowest BCUT2D eigenvalue weighted by atomic mass is 10.1. The van der Waals surface area contributed by atoms with Gasteiger partial charge in [-0.05, 0) is 19.4 Å². The molecule has 1 aromatic rings. The molecular weight excluding hydrogens is 358 g/mol. The Kier molecular flexibility index (Phi) is 6.12. The van der Waals surface area contributed by atoms with Crippen molar-refractivity contribution in [3.63, 3.8) is 0 Å². The second-order valence-corrected chi connectivity index (χ2v) is 8.32. The van der Waals surface area contributed by atoms with Crippen molar-refractivity contribution >= 4 is 27.3 Å². The van der Waals surface area contributed by atoms with E-state index >= 15 is 0 Å². The predicted molar refractivity (Wildman–Crippen MR) is 97.9 cm³/mol. The van der Waals surface area contributed by atoms with Gasteiger partial charge in [0.05, 0.1) is 29.0 Å². The van der Waals surface area contributed by atoms with Gasteiger partial charge in [-0.2, -0.15) is 0 Å². The number of carbonyl (C=O) groups excluding carboxylic acids is 2. The number of nitrogens with zero attached hydrogens (tertiary/aromatic N) is 1. The lowest BCUT2D eigenvalue weighted by Crippen LogP contribution is -2.41. The van der Waals surface area contributed by atoms with Crippen molar-refractivity contribution in [3.8, 4) is 5.75 Å². The summed E-state index contributed by atoms with van der Waals surface area (Å²) in [5.74, 6) is -0.317. The summed E-state index contributed by atoms with van der Waals surface area (Å²) in [7, 11) is -2.19. The Morgan fingerprint density at radius 3 is 2.65 bits per heavy atom. The van der Waals surface area contributed by atoms with E-state index in [1.54, 1.807) is 4.90 Å². The SMILES string of the molecule is CCN1C(=O)CCC1CNC(=O)c1cc(S(=O)(=O)CC)c(N)cc1OC. The Morgan fingerprint density at radius 2 is 2.08 bits per heavy atom. The summed E-state index contributed by atoms with van der Waals surface area (Å²) in [5.41, 5.74) is 5.96. The minimum Gasteiger partial charge on any atom is -0.496 e. The molecule has 1 saturated heterocycles. The molecule has 1 aromatic carbocycles. The van der Waals surface area contributed by atoms with Gasteiger partial charge in [-0.25, -0.2) is 8.42 Å². The Bertz CT molecular complexity index is 807. The highest BCUT2D eigenvalue weighted by Gasteiger charge is 2.30. The molecule has 0 bridgehead atoms. The summed E-state index contributed by atoms with van der Waals surface area (Å²) in [4.78, 5) is 26.0. The number of likely N-dealkylation sites (N-methyl/N-ethyl adjacent to an activating group) is 1. The zero-order valence-electron chi connectivity index (χ0n) is 15.2. The first-order chi connectivity index (χ1) is 12.2. The number of rotatable bonds is 7. The van der Waals surface area contributed by atoms with Crippen LogP contribution in [0.25, 0.3) is 0 Å². The first-order valence-electron chi connectivity index (χ1n) is 8.53. The average molecular weight is 383 g/mol. The van der Waals surface area contributed by atoms with Crippen molar-refractivity contribution in [1.29, 1.82) is 0 Å². The van der Waals surface area contributed by atoms with Crippen molar-refractivity contribution in [1.82, 2.24) is 10.2 Å². The van der Waals surface area contributed by atoms with Gasteiger partial charge in [-0.3, -0.25) is 9.59 Å². The summed E-state index contributed by atoms with van der Waals surface area (Å²) in [6.07, 6.45) is 1.15. The molecule has 0 saturated carbocycles. The smallest absolute Gasteiger partial charge is 0.255 e. The fourth-order valence-electron chi connectivity index (χ4n) is 3.09. The molecule has 1 heterocycles. The summed E-state index contributed by atoms with van der Waals surface area (Å²) < 4.78 is 29.5. The van der Waals surface area contributed by atoms with Gasteiger partial charge in [0.15, 0.2) is 9.84 Å². The molecule has 2 amide bonds. The standard InChI is InChI=1S/C17H25N3O5S/c1-4-20-11(6-7-16(20)21)10-19-17(22)12-8-15(26(23,24)5-2)13(18)9-14(12)25-3/h8-9,11H,4-7,10,18H2,1-3H3,(H,19,22). The normalized spacial score (nSPS) is 17.4. The van der Waals surface area contributed by atoms with E-state index in [9.17, 15) is 18.0 Å². The minimum atomic E-state index is -3.57. The van der Waals surface area contributed by atoms with E-state index < -0.39 is 15.7 Å². The molecule has 1 fully saturated rings. The monoisotopic (exact) mass is 383 g/mol. The highest BCUT2D eigenvalue weighted by molar-refractivity contribution is 7.91. The van der Waals surface area contributed by atoms with Gasteiger partial charge in [0.1, 0.15) is 5.75 Å². The van der Waals surface area contributed by atoms with Crippen molar-refractivity contribution in [2.24, 2.45) is 0 Å². The highest BCUT2D eigenvalue weighted by Crippen LogP contribution is 2.29. The molecule has 0 radical (unpaired) electrons. The first-order valence-corrected chi connectivity index (χ1v) is 10.2. The van der Waals surface area contributed by atoms with E-state index in [1.807, 2.05) is 6.92 Å². The van der Waals surface area contributed by atoms with Gasteiger partial charge in [0.2, 0.25) is 5.91 Å². The topological polar surface area (TPSA) is 119 Å². The lowest BCUT2D eigenvalue weighted by molar-refractivity contribution is -0.128. The molecule has 26 heavy (non-hydrogen) atoms. The Morgan fingerprint density at radius 1 is 1.38 bits per heavy atom. The van der Waals surface area contributed by atoms with Gasteiger partial charge in [0, 0.05) is 31.6 Å². The van der Waals surface area contributed by atoms with E-state index in [0.717, 1.165) is 0 Å². The van der Waals surface area contributed by atoms with Crippen LogP contribution in [-0.4, -0.2) is 57.1 Å². The summed E-state index contributed by atoms with van der Waals surface area (Å²) in [5, 5.41) is 2.77. The molecule has 3 N–H and O–H groups in total. The third kappa shape index (κ3) is 3.92. The van der Waals surface area contributed by atoms with Crippen LogP contribution >= 0.6 is 0 Å². The molecule has 0 spiro atoms. The van der Waals surface area contributed by atoms with Gasteiger partial charge in [-0.1, -0.05) is 6.92 Å². The second-order valence-electron chi connectivity index (χ2n) is 6.08. The maximum absolute atomic E-state index is 12.6. The summed E-state index contributed by atoms with van der Waals surface area (Å²) in [6.45, 7) is 4.28. The number of amides is 2. The summed E-state index contributed by atoms with van der Waals surface area (Å²) in [6, 6.07) is 2.53. The van der Waals surface area contributed by atoms with Crippen molar-refractivity contribution in [3.05, 3.63) is 17.7 Å². The van der Waals surface area contributed by atoms with Crippen LogP contribution in [0.3, 0.4) is 0 Å². The van der Waals surface area contributed by atoms with Crippen LogP contribution in [0.2, 0.25) is 0 Å². The van der Waals surface area contributed by atoms with Crippen LogP contribution < -0.4 is 15.8 Å². The highest BCUT2D eigenvalue weighted by atomic mass is 32.2. The van der Waals surface area contributed by atoms with Crippen LogP contribution in [0.15, 0.2) is 17.0 Å². The molecule has 2 rings (SSSR count). The van der Waals surface area contributed by atoms with E-state index in [2.05, 4.69) is 5.32 Å². The van der Waals surface area contributed by atoms with Crippen LogP contribution in [0, 0.1) is 0 Å². The second kappa shape index (κ2) is 7.94. The number of nitrogens with one attached hydrogen (secondary N) is 1. The molecule has 8 nitrogen and oxygen atoms in total. The van der Waals surface area contributed by atoms with E-state index in [4.69, 9.17) is 10.5 Å². The molecular formula is C17H25N3O5S. The number of nitrogen functional groups attached to an aromatic ring is 1. The number of benzene rings is 1. The molecule has 0 aliphatic carbocycles. The maximum Gasteiger partial charge on any atom is 0.255 e. The number of sulfone groups is 1. The number of anilines is 1. The van der Waals surface area contributed by atoms with Gasteiger partial charge in [-0.15, -0.1) is 0 Å². The number of nitrogens with two attached hydrogens (primary N) is 1. The van der Waals surface area contributed by atoms with Crippen LogP contribution in [0.4, 0.5) is 5.69 Å². The number of methoxy groups -OCH3 is 1. The minimum absolute atomic E-state index is 0.0406. The van der Waals surface area contributed by atoms with Gasteiger partial charge >= 0.3 is 0 Å². The van der Waals surface area contributed by atoms with Gasteiger partial charge < -0.3 is 20.7 Å². The molecule has 1 atom stereocenters. The van der Waals surface area contributed by atoms with Crippen molar-refractivity contribution in [2.75, 3.05) is 31.7 Å².